The Morgan fingerprint density at radius 2 is 2.62 bits per heavy atom. The summed E-state index contributed by atoms with van der Waals surface area (Å²) >= 11 is 0. The van der Waals surface area contributed by atoms with Crippen LogP contribution in [0.4, 0.5) is 0 Å². The normalized spacial score (nSPS) is 25.2. The van der Waals surface area contributed by atoms with Crippen molar-refractivity contribution in [3.05, 3.63) is 22.4 Å². The lowest BCUT2D eigenvalue weighted by Crippen LogP contribution is -2.29. The quantitative estimate of drug-likeness (QED) is 0.359. The van der Waals surface area contributed by atoms with Gasteiger partial charge >= 0.3 is 6.17 Å². The molecule has 1 unspecified atom stereocenters. The average Bonchev–Trinajstić information content (AvgIpc) is 2.12. The van der Waals surface area contributed by atoms with Gasteiger partial charge in [0.25, 0.3) is 0 Å². The first kappa shape index (κ1) is 5.04. The molecule has 1 aliphatic heterocycles. The van der Waals surface area contributed by atoms with Crippen molar-refractivity contribution in [1.29, 1.82) is 0 Å². The second kappa shape index (κ2) is 1.79. The summed E-state index contributed by atoms with van der Waals surface area (Å²) in [7, 11) is 0. The van der Waals surface area contributed by atoms with Crippen LogP contribution in [-0.2, 0) is 0 Å². The Morgan fingerprint density at radius 3 is 2.88 bits per heavy atom. The Balaban J connectivity index is 2.48. The van der Waals surface area contributed by atoms with Crippen LogP contribution in [0.25, 0.3) is 0 Å². The van der Waals surface area contributed by atoms with Crippen molar-refractivity contribution in [3.8, 4) is 0 Å². The second-order valence-electron chi connectivity index (χ2n) is 1.32. The van der Waals surface area contributed by atoms with Gasteiger partial charge in [-0.1, -0.05) is 5.43 Å². The fourth-order valence-electron chi connectivity index (χ4n) is 0.409. The number of nitrogens with zero attached hydrogens (tertiary/aromatic N) is 2. The third-order valence-electron chi connectivity index (χ3n) is 0.766. The van der Waals surface area contributed by atoms with Gasteiger partial charge in [-0.3, -0.25) is 10.1 Å². The Labute approximate surface area is 45.5 Å². The summed E-state index contributed by atoms with van der Waals surface area (Å²) < 4.78 is 0. The molecule has 0 saturated carbocycles. The number of hydrogen-bond donors (Lipinski definition) is 1. The smallest absolute Gasteiger partial charge is 0.305 e. The highest BCUT2D eigenvalue weighted by Crippen LogP contribution is 1.91. The van der Waals surface area contributed by atoms with Crippen molar-refractivity contribution in [3.63, 3.8) is 0 Å². The Kier molecular flexibility index (Phi) is 1.13. The lowest BCUT2D eigenvalue weighted by molar-refractivity contribution is -0.516. The van der Waals surface area contributed by atoms with Gasteiger partial charge in [-0.2, -0.15) is 0 Å². The predicted octanol–water partition coefficient (Wildman–Crippen LogP) is -0.775. The van der Waals surface area contributed by atoms with Gasteiger partial charge < -0.3 is 5.43 Å². The van der Waals surface area contributed by atoms with E-state index in [0.29, 0.717) is 0 Å². The number of nitro groups is 1. The Morgan fingerprint density at radius 1 is 1.88 bits per heavy atom. The third kappa shape index (κ3) is 0.760. The second-order valence-corrected chi connectivity index (χ2v) is 1.32. The van der Waals surface area contributed by atoms with Crippen molar-refractivity contribution in [2.75, 3.05) is 0 Å². The highest BCUT2D eigenvalue weighted by Gasteiger charge is 2.19. The Bertz CT molecular complexity index is 132. The van der Waals surface area contributed by atoms with E-state index in [4.69, 9.17) is 0 Å². The van der Waals surface area contributed by atoms with Gasteiger partial charge in [0.05, 0.1) is 0 Å². The van der Waals surface area contributed by atoms with Gasteiger partial charge in [0, 0.05) is 17.2 Å². The highest BCUT2D eigenvalue weighted by atomic mass is 16.6. The summed E-state index contributed by atoms with van der Waals surface area (Å²) in [5, 5.41) is 9.82. The molecule has 1 radical (unpaired) electrons. The van der Waals surface area contributed by atoms with Crippen molar-refractivity contribution >= 4 is 0 Å². The van der Waals surface area contributed by atoms with Gasteiger partial charge in [-0.25, -0.2) is 0 Å². The highest BCUT2D eigenvalue weighted by molar-refractivity contribution is 4.90. The van der Waals surface area contributed by atoms with Crippen LogP contribution in [0.5, 0.6) is 0 Å². The van der Waals surface area contributed by atoms with Crippen LogP contribution in [0.15, 0.2) is 12.3 Å². The molecule has 0 aliphatic carbocycles. The minimum absolute atomic E-state index is 0.476. The van der Waals surface area contributed by atoms with Gasteiger partial charge in [-0.15, -0.1) is 0 Å². The molecule has 1 rings (SSSR count). The number of nitrogens with one attached hydrogen (secondary N) is 1. The van der Waals surface area contributed by atoms with Crippen LogP contribution in [0.1, 0.15) is 0 Å². The SMILES string of the molecule is O=[N+]([O-])C1C=CN[N]1. The molecule has 0 aromatic rings. The molecule has 1 N–H and O–H groups in total. The predicted molar refractivity (Wildman–Crippen MR) is 25.2 cm³/mol. The molecular weight excluding hydrogens is 110 g/mol. The summed E-state index contributed by atoms with van der Waals surface area (Å²) in [6.45, 7) is 0. The molecule has 0 aromatic heterocycles. The molecule has 0 spiro atoms. The summed E-state index contributed by atoms with van der Waals surface area (Å²) in [6, 6.07) is 0. The van der Waals surface area contributed by atoms with Gasteiger partial charge in [-0.05, 0) is 0 Å². The van der Waals surface area contributed by atoms with Crippen LogP contribution < -0.4 is 10.9 Å². The van der Waals surface area contributed by atoms with E-state index in [1.165, 1.54) is 12.3 Å². The topological polar surface area (TPSA) is 69.3 Å². The standard InChI is InChI=1S/C3H4N3O2/c7-6(8)3-1-2-4-5-3/h1-4H. The monoisotopic (exact) mass is 114 g/mol. The zero-order valence-electron chi connectivity index (χ0n) is 3.94. The van der Waals surface area contributed by atoms with Crippen molar-refractivity contribution in [2.24, 2.45) is 0 Å². The first-order valence-corrected chi connectivity index (χ1v) is 2.06. The van der Waals surface area contributed by atoms with Crippen molar-refractivity contribution in [2.45, 2.75) is 6.17 Å². The number of rotatable bonds is 1. The minimum atomic E-state index is -0.880. The molecule has 0 fully saturated rings. The average molecular weight is 114 g/mol. The first-order chi connectivity index (χ1) is 3.80. The van der Waals surface area contributed by atoms with Crippen LogP contribution in [0.3, 0.4) is 0 Å². The van der Waals surface area contributed by atoms with E-state index in [1.54, 1.807) is 0 Å². The molecule has 1 heterocycles. The summed E-state index contributed by atoms with van der Waals surface area (Å²) in [5.41, 5.74) is 5.73. The van der Waals surface area contributed by atoms with Crippen LogP contribution >= 0.6 is 0 Å². The summed E-state index contributed by atoms with van der Waals surface area (Å²) in [5.74, 6) is 0. The summed E-state index contributed by atoms with van der Waals surface area (Å²) in [4.78, 5) is 9.35. The van der Waals surface area contributed by atoms with E-state index in [1.807, 2.05) is 0 Å². The third-order valence-corrected chi connectivity index (χ3v) is 0.766. The molecule has 1 aliphatic rings. The zero-order chi connectivity index (χ0) is 5.98. The maximum Gasteiger partial charge on any atom is 0.319 e. The van der Waals surface area contributed by atoms with Gasteiger partial charge in [0.15, 0.2) is 0 Å². The lowest BCUT2D eigenvalue weighted by Gasteiger charge is -1.93. The molecular formula is C3H4N3O2. The maximum absolute atomic E-state index is 9.82. The number of hydrogen-bond acceptors (Lipinski definition) is 3. The van der Waals surface area contributed by atoms with E-state index in [-0.39, 0.29) is 0 Å². The minimum Gasteiger partial charge on any atom is -0.305 e. The molecule has 0 saturated heterocycles. The van der Waals surface area contributed by atoms with Crippen LogP contribution in [0.2, 0.25) is 0 Å². The molecule has 8 heavy (non-hydrogen) atoms. The summed E-state index contributed by atoms with van der Waals surface area (Å²) in [6.07, 6.45) is 1.93. The fourth-order valence-corrected chi connectivity index (χ4v) is 0.409. The van der Waals surface area contributed by atoms with Crippen LogP contribution in [0, 0.1) is 10.1 Å². The molecule has 0 amide bonds. The lowest BCUT2D eigenvalue weighted by atomic mass is 10.5. The van der Waals surface area contributed by atoms with Gasteiger partial charge in [0.1, 0.15) is 0 Å². The van der Waals surface area contributed by atoms with E-state index >= 15 is 0 Å². The molecule has 0 bridgehead atoms. The van der Waals surface area contributed by atoms with E-state index in [9.17, 15) is 10.1 Å². The van der Waals surface area contributed by atoms with Gasteiger partial charge in [0.2, 0.25) is 0 Å². The van der Waals surface area contributed by atoms with E-state index in [0.717, 1.165) is 0 Å². The Hall–Kier alpha value is -1.10. The van der Waals surface area contributed by atoms with Crippen molar-refractivity contribution in [1.82, 2.24) is 10.9 Å². The maximum atomic E-state index is 9.82. The molecule has 43 valence electrons. The largest absolute Gasteiger partial charge is 0.319 e. The fraction of sp³-hybridized carbons (Fsp3) is 0.333. The zero-order valence-corrected chi connectivity index (χ0v) is 3.94. The van der Waals surface area contributed by atoms with Crippen molar-refractivity contribution < 1.29 is 4.92 Å². The molecule has 5 heteroatoms. The van der Waals surface area contributed by atoms with Crippen LogP contribution in [-0.4, -0.2) is 11.1 Å². The first-order valence-electron chi connectivity index (χ1n) is 2.06. The molecule has 5 nitrogen and oxygen atoms in total. The van der Waals surface area contributed by atoms with E-state index in [2.05, 4.69) is 10.9 Å². The molecule has 0 aromatic carbocycles. The van der Waals surface area contributed by atoms with E-state index < -0.39 is 11.1 Å². The molecule has 1 atom stereocenters.